The van der Waals surface area contributed by atoms with E-state index in [0.29, 0.717) is 44.7 Å². The summed E-state index contributed by atoms with van der Waals surface area (Å²) in [5.74, 6) is -4.00. The SMILES string of the molecule is CN(C)C(=O)c1c(F)cc(N2CCN(C3CC4(C3)CN(C(=O)C(O)(c3cccc(Cl)c3)C(F)(F)F)C4)CC2)cc1F. The summed E-state index contributed by atoms with van der Waals surface area (Å²) in [6, 6.07) is 7.11. The van der Waals surface area contributed by atoms with Gasteiger partial charge in [-0.2, -0.15) is 13.2 Å². The fourth-order valence-electron chi connectivity index (χ4n) is 6.23. The van der Waals surface area contributed by atoms with Crippen LogP contribution in [-0.2, 0) is 10.4 Å². The number of likely N-dealkylation sites (tertiary alicyclic amines) is 1. The maximum atomic E-state index is 14.6. The molecule has 13 heteroatoms. The first-order valence-corrected chi connectivity index (χ1v) is 13.6. The Hall–Kier alpha value is -2.96. The summed E-state index contributed by atoms with van der Waals surface area (Å²) in [5.41, 5.74) is -4.84. The third-order valence-corrected chi connectivity index (χ3v) is 8.72. The van der Waals surface area contributed by atoms with E-state index in [9.17, 15) is 36.6 Å². The van der Waals surface area contributed by atoms with Gasteiger partial charge in [0.1, 0.15) is 17.2 Å². The number of amides is 2. The Kier molecular flexibility index (Phi) is 7.48. The highest BCUT2D eigenvalue weighted by molar-refractivity contribution is 6.30. The standard InChI is InChI=1S/C28H30ClF5N4O3/c1-35(2)24(39)23-21(30)11-19(12-22(23)31)36-6-8-37(9-7-36)20-13-26(14-20)15-38(16-26)25(40)27(41,28(32,33)34)17-4-3-5-18(29)10-17/h3-5,10-12,20,41H,6-9,13-16H2,1-2H3. The molecule has 2 aliphatic heterocycles. The zero-order chi connectivity index (χ0) is 29.9. The van der Waals surface area contributed by atoms with Crippen LogP contribution in [0.4, 0.5) is 27.6 Å². The number of anilines is 1. The molecule has 2 amide bonds. The Morgan fingerprint density at radius 2 is 1.59 bits per heavy atom. The van der Waals surface area contributed by atoms with Crippen LogP contribution < -0.4 is 4.90 Å². The molecule has 2 aromatic carbocycles. The molecule has 2 heterocycles. The van der Waals surface area contributed by atoms with Crippen molar-refractivity contribution in [1.29, 1.82) is 0 Å². The Morgan fingerprint density at radius 3 is 2.10 bits per heavy atom. The second-order valence-corrected chi connectivity index (χ2v) is 11.9. The number of nitrogens with zero attached hydrogens (tertiary/aromatic N) is 4. The van der Waals surface area contributed by atoms with E-state index >= 15 is 0 Å². The van der Waals surface area contributed by atoms with Crippen LogP contribution in [-0.4, -0.2) is 97.2 Å². The van der Waals surface area contributed by atoms with Crippen molar-refractivity contribution in [1.82, 2.24) is 14.7 Å². The molecule has 7 nitrogen and oxygen atoms in total. The van der Waals surface area contributed by atoms with E-state index in [1.54, 1.807) is 0 Å². The zero-order valence-corrected chi connectivity index (χ0v) is 23.3. The molecule has 3 fully saturated rings. The van der Waals surface area contributed by atoms with E-state index in [1.165, 1.54) is 38.4 Å². The summed E-state index contributed by atoms with van der Waals surface area (Å²) in [7, 11) is 2.84. The van der Waals surface area contributed by atoms with Crippen LogP contribution in [0.5, 0.6) is 0 Å². The van der Waals surface area contributed by atoms with Gasteiger partial charge in [-0.3, -0.25) is 14.5 Å². The van der Waals surface area contributed by atoms with Gasteiger partial charge in [0.2, 0.25) is 0 Å². The lowest BCUT2D eigenvalue weighted by Gasteiger charge is -2.62. The van der Waals surface area contributed by atoms with Gasteiger partial charge in [-0.05, 0) is 37.1 Å². The summed E-state index contributed by atoms with van der Waals surface area (Å²) in [6.45, 7) is 2.50. The van der Waals surface area contributed by atoms with Crippen molar-refractivity contribution < 1.29 is 36.6 Å². The van der Waals surface area contributed by atoms with Gasteiger partial charge in [-0.1, -0.05) is 23.7 Å². The van der Waals surface area contributed by atoms with Gasteiger partial charge in [0, 0.05) is 81.1 Å². The van der Waals surface area contributed by atoms with Crippen LogP contribution in [0.15, 0.2) is 36.4 Å². The maximum Gasteiger partial charge on any atom is 0.430 e. The third-order valence-electron chi connectivity index (χ3n) is 8.48. The number of piperazine rings is 1. The van der Waals surface area contributed by atoms with Gasteiger partial charge in [0.05, 0.1) is 0 Å². The minimum Gasteiger partial charge on any atom is -0.369 e. The number of aliphatic hydroxyl groups is 1. The molecule has 5 rings (SSSR count). The molecule has 0 aromatic heterocycles. The van der Waals surface area contributed by atoms with Crippen LogP contribution in [0, 0.1) is 17.0 Å². The summed E-state index contributed by atoms with van der Waals surface area (Å²) in [6.07, 6.45) is -3.83. The summed E-state index contributed by atoms with van der Waals surface area (Å²) in [4.78, 5) is 31.3. The average Bonchev–Trinajstić information content (AvgIpc) is 2.85. The highest BCUT2D eigenvalue weighted by Crippen LogP contribution is 2.52. The number of hydrogen-bond donors (Lipinski definition) is 1. The summed E-state index contributed by atoms with van der Waals surface area (Å²) < 4.78 is 71.0. The van der Waals surface area contributed by atoms with Gasteiger partial charge in [-0.25, -0.2) is 8.78 Å². The van der Waals surface area contributed by atoms with Gasteiger partial charge >= 0.3 is 6.18 Å². The van der Waals surface area contributed by atoms with E-state index in [0.717, 1.165) is 21.9 Å². The van der Waals surface area contributed by atoms with E-state index in [2.05, 4.69) is 4.90 Å². The van der Waals surface area contributed by atoms with Crippen molar-refractivity contribution in [2.24, 2.45) is 5.41 Å². The average molecular weight is 601 g/mol. The second kappa shape index (κ2) is 10.4. The lowest BCUT2D eigenvalue weighted by molar-refractivity contribution is -0.267. The first kappa shape index (κ1) is 29.5. The largest absolute Gasteiger partial charge is 0.430 e. The van der Waals surface area contributed by atoms with Crippen LogP contribution in [0.3, 0.4) is 0 Å². The molecule has 0 radical (unpaired) electrons. The molecule has 41 heavy (non-hydrogen) atoms. The van der Waals surface area contributed by atoms with Gasteiger partial charge in [0.15, 0.2) is 0 Å². The smallest absolute Gasteiger partial charge is 0.369 e. The lowest BCUT2D eigenvalue weighted by Crippen LogP contribution is -2.71. The first-order valence-electron chi connectivity index (χ1n) is 13.2. The lowest BCUT2D eigenvalue weighted by atomic mass is 9.59. The fraction of sp³-hybridized carbons (Fsp3) is 0.500. The van der Waals surface area contributed by atoms with Crippen molar-refractivity contribution in [2.75, 3.05) is 58.3 Å². The molecule has 1 spiro atoms. The third kappa shape index (κ3) is 5.14. The Morgan fingerprint density at radius 1 is 1.00 bits per heavy atom. The number of halogens is 6. The second-order valence-electron chi connectivity index (χ2n) is 11.4. The van der Waals surface area contributed by atoms with Crippen LogP contribution >= 0.6 is 11.6 Å². The van der Waals surface area contributed by atoms with Crippen LogP contribution in [0.2, 0.25) is 5.02 Å². The minimum absolute atomic E-state index is 0.0216. The summed E-state index contributed by atoms with van der Waals surface area (Å²) >= 11 is 5.83. The molecule has 2 aromatic rings. The predicted molar refractivity (Wildman–Crippen MR) is 142 cm³/mol. The molecular weight excluding hydrogens is 571 g/mol. The molecule has 1 saturated carbocycles. The number of hydrogen-bond acceptors (Lipinski definition) is 5. The molecule has 222 valence electrons. The molecule has 1 unspecified atom stereocenters. The Balaban J connectivity index is 1.16. The number of benzene rings is 2. The van der Waals surface area contributed by atoms with Crippen LogP contribution in [0.1, 0.15) is 28.8 Å². The van der Waals surface area contributed by atoms with Crippen molar-refractivity contribution in [2.45, 2.75) is 30.7 Å². The zero-order valence-electron chi connectivity index (χ0n) is 22.5. The highest BCUT2D eigenvalue weighted by Gasteiger charge is 2.65. The van der Waals surface area contributed by atoms with Crippen molar-refractivity contribution >= 4 is 29.1 Å². The topological polar surface area (TPSA) is 67.3 Å². The molecule has 3 aliphatic rings. The molecule has 0 bridgehead atoms. The molecule has 1 N–H and O–H groups in total. The van der Waals surface area contributed by atoms with E-state index < -0.39 is 46.4 Å². The van der Waals surface area contributed by atoms with Crippen molar-refractivity contribution in [3.63, 3.8) is 0 Å². The van der Waals surface area contributed by atoms with Gasteiger partial charge in [-0.15, -0.1) is 0 Å². The Bertz CT molecular complexity index is 1330. The maximum absolute atomic E-state index is 14.6. The number of alkyl halides is 3. The highest BCUT2D eigenvalue weighted by atomic mass is 35.5. The van der Waals surface area contributed by atoms with E-state index in [-0.39, 0.29) is 29.6 Å². The predicted octanol–water partition coefficient (Wildman–Crippen LogP) is 3.88. The molecule has 1 atom stereocenters. The van der Waals surface area contributed by atoms with E-state index in [4.69, 9.17) is 11.6 Å². The van der Waals surface area contributed by atoms with Gasteiger partial charge < -0.3 is 19.8 Å². The quantitative estimate of drug-likeness (QED) is 0.528. The fourth-order valence-corrected chi connectivity index (χ4v) is 6.42. The summed E-state index contributed by atoms with van der Waals surface area (Å²) in [5, 5.41) is 10.6. The minimum atomic E-state index is -5.23. The number of rotatable bonds is 5. The molecular formula is C28H30ClF5N4O3. The first-order chi connectivity index (χ1) is 19.1. The van der Waals surface area contributed by atoms with Crippen molar-refractivity contribution in [3.8, 4) is 0 Å². The number of carbonyl (C=O) groups excluding carboxylic acids is 2. The van der Waals surface area contributed by atoms with Crippen molar-refractivity contribution in [3.05, 3.63) is 64.2 Å². The molecule has 1 aliphatic carbocycles. The monoisotopic (exact) mass is 600 g/mol. The van der Waals surface area contributed by atoms with E-state index in [1.807, 2.05) is 4.90 Å². The normalized spacial score (nSPS) is 20.8. The Labute approximate surface area is 239 Å². The number of carbonyl (C=O) groups is 2. The van der Waals surface area contributed by atoms with Crippen LogP contribution in [0.25, 0.3) is 0 Å². The van der Waals surface area contributed by atoms with Gasteiger partial charge in [0.25, 0.3) is 17.4 Å². The molecule has 2 saturated heterocycles.